The van der Waals surface area contributed by atoms with Crippen molar-refractivity contribution in [3.05, 3.63) is 182 Å². The maximum Gasteiger partial charge on any atom is 0.124 e. The monoisotopic (exact) mass is 835 g/mol. The first-order valence-electron chi connectivity index (χ1n) is 16.6. The summed E-state index contributed by atoms with van der Waals surface area (Å²) in [7, 11) is 0. The van der Waals surface area contributed by atoms with E-state index in [1.807, 2.05) is 66.9 Å². The van der Waals surface area contributed by atoms with E-state index in [0.29, 0.717) is 11.3 Å². The molecule has 0 saturated heterocycles. The number of para-hydroxylation sites is 4. The molecular formula is C46H30N3OPt-. The maximum atomic E-state index is 10.7. The second-order valence-electron chi connectivity index (χ2n) is 12.3. The van der Waals surface area contributed by atoms with Crippen LogP contribution in [-0.2, 0) is 21.1 Å². The molecule has 51 heavy (non-hydrogen) atoms. The van der Waals surface area contributed by atoms with E-state index in [0.717, 1.165) is 56.0 Å². The summed E-state index contributed by atoms with van der Waals surface area (Å²) in [6.07, 6.45) is 1.88. The normalized spacial score (nSPS) is 11.1. The number of nitrogens with zero attached hydrogens (tertiary/aromatic N) is 3. The Kier molecular flexibility index (Phi) is 8.61. The molecule has 0 aliphatic carbocycles. The number of benzene rings is 6. The Morgan fingerprint density at radius 1 is 0.490 bits per heavy atom. The molecule has 5 heteroatoms. The molecule has 0 aliphatic heterocycles. The Balaban J connectivity index is 0.00000374. The molecule has 3 heterocycles. The summed E-state index contributed by atoms with van der Waals surface area (Å²) in [5, 5.41) is 13.2. The van der Waals surface area contributed by atoms with Gasteiger partial charge in [0, 0.05) is 66.2 Å². The van der Waals surface area contributed by atoms with Crippen molar-refractivity contribution in [2.75, 3.05) is 0 Å². The molecule has 0 unspecified atom stereocenters. The minimum Gasteiger partial charge on any atom is -0.507 e. The van der Waals surface area contributed by atoms with Crippen LogP contribution in [0.1, 0.15) is 0 Å². The molecule has 6 aromatic carbocycles. The molecule has 0 amide bonds. The molecule has 4 nitrogen and oxygen atoms in total. The Hall–Kier alpha value is -6.09. The number of pyridine rings is 2. The van der Waals surface area contributed by atoms with Gasteiger partial charge in [0.1, 0.15) is 5.75 Å². The fourth-order valence-electron chi connectivity index (χ4n) is 6.90. The molecule has 9 rings (SSSR count). The van der Waals surface area contributed by atoms with Crippen LogP contribution in [0.15, 0.2) is 176 Å². The van der Waals surface area contributed by atoms with Crippen molar-refractivity contribution in [3.8, 4) is 67.5 Å². The van der Waals surface area contributed by atoms with E-state index in [1.54, 1.807) is 6.07 Å². The Morgan fingerprint density at radius 2 is 1.12 bits per heavy atom. The van der Waals surface area contributed by atoms with Gasteiger partial charge in [0.2, 0.25) is 0 Å². The van der Waals surface area contributed by atoms with Gasteiger partial charge in [0.05, 0.1) is 16.7 Å². The smallest absolute Gasteiger partial charge is 0.124 e. The van der Waals surface area contributed by atoms with Crippen molar-refractivity contribution in [2.24, 2.45) is 0 Å². The molecule has 0 radical (unpaired) electrons. The predicted molar refractivity (Wildman–Crippen MR) is 204 cm³/mol. The third-order valence-corrected chi connectivity index (χ3v) is 9.24. The number of phenolic OH excluding ortho intramolecular Hbond substituents is 1. The van der Waals surface area contributed by atoms with Crippen molar-refractivity contribution < 1.29 is 26.2 Å². The molecule has 0 saturated carbocycles. The zero-order valence-corrected chi connectivity index (χ0v) is 29.6. The first-order valence-corrected chi connectivity index (χ1v) is 16.6. The largest absolute Gasteiger partial charge is 0.507 e. The number of phenols is 1. The van der Waals surface area contributed by atoms with Gasteiger partial charge in [0.15, 0.2) is 0 Å². The molecule has 0 bridgehead atoms. The van der Waals surface area contributed by atoms with Gasteiger partial charge in [-0.2, -0.15) is 0 Å². The SMILES string of the molecule is Oc1ccccc1-c1cc(-c2ccccc2)cc(-c2[c-]c(-c3cc(-c4cccc5c6ccccc6n(-c6ccccc6)c45)ccn3)ccc2)n1.[Pt]. The summed E-state index contributed by atoms with van der Waals surface area (Å²) >= 11 is 0. The summed E-state index contributed by atoms with van der Waals surface area (Å²) in [6.45, 7) is 0. The van der Waals surface area contributed by atoms with E-state index in [2.05, 4.69) is 114 Å². The first-order chi connectivity index (χ1) is 24.7. The van der Waals surface area contributed by atoms with Gasteiger partial charge in [-0.25, -0.2) is 0 Å². The van der Waals surface area contributed by atoms with Crippen LogP contribution in [0.2, 0.25) is 0 Å². The van der Waals surface area contributed by atoms with Crippen molar-refractivity contribution in [2.45, 2.75) is 0 Å². The summed E-state index contributed by atoms with van der Waals surface area (Å²) in [5.41, 5.74) is 12.4. The topological polar surface area (TPSA) is 50.9 Å². The third-order valence-electron chi connectivity index (χ3n) is 9.24. The number of fused-ring (bicyclic) bond motifs is 3. The number of hydrogen-bond donors (Lipinski definition) is 1. The minimum atomic E-state index is 0. The third kappa shape index (κ3) is 5.94. The van der Waals surface area contributed by atoms with Gasteiger partial charge in [-0.1, -0.05) is 120 Å². The first kappa shape index (κ1) is 32.1. The van der Waals surface area contributed by atoms with Crippen molar-refractivity contribution in [3.63, 3.8) is 0 Å². The molecule has 1 N–H and O–H groups in total. The van der Waals surface area contributed by atoms with Crippen LogP contribution >= 0.6 is 0 Å². The van der Waals surface area contributed by atoms with Crippen LogP contribution in [-0.4, -0.2) is 19.6 Å². The summed E-state index contributed by atoms with van der Waals surface area (Å²) in [5.74, 6) is 0.191. The van der Waals surface area contributed by atoms with Crippen molar-refractivity contribution >= 4 is 21.8 Å². The van der Waals surface area contributed by atoms with E-state index in [-0.39, 0.29) is 26.8 Å². The fraction of sp³-hybridized carbons (Fsp3) is 0. The molecule has 3 aromatic heterocycles. The van der Waals surface area contributed by atoms with Crippen molar-refractivity contribution in [1.29, 1.82) is 0 Å². The molecule has 9 aromatic rings. The maximum absolute atomic E-state index is 10.7. The fourth-order valence-corrected chi connectivity index (χ4v) is 6.90. The van der Waals surface area contributed by atoms with Crippen molar-refractivity contribution in [1.82, 2.24) is 14.5 Å². The second kappa shape index (κ2) is 13.7. The number of hydrogen-bond acceptors (Lipinski definition) is 3. The molecule has 0 spiro atoms. The standard InChI is InChI=1S/C46H30N3O.Pt/c50-45-24-10-8-20-40(45)43-30-35(31-13-3-1-4-14-31)29-42(48-43)34-16-11-15-33(27-34)41-28-32(25-26-47-41)37-21-12-22-39-38-19-7-9-23-44(38)49(46(37)39)36-17-5-2-6-18-36;/h1-26,28-30,50H;/q-1;. The number of aromatic nitrogens is 3. The van der Waals surface area contributed by atoms with E-state index in [4.69, 9.17) is 9.97 Å². The molecule has 246 valence electrons. The molecule has 0 aliphatic rings. The van der Waals surface area contributed by atoms with E-state index < -0.39 is 0 Å². The van der Waals surface area contributed by atoms with Crippen LogP contribution < -0.4 is 0 Å². The minimum absolute atomic E-state index is 0. The van der Waals surface area contributed by atoms with Gasteiger partial charge < -0.3 is 9.67 Å². The quantitative estimate of drug-likeness (QED) is 0.170. The van der Waals surface area contributed by atoms with E-state index in [9.17, 15) is 5.11 Å². The Morgan fingerprint density at radius 3 is 1.94 bits per heavy atom. The second-order valence-corrected chi connectivity index (χ2v) is 12.3. The average molecular weight is 836 g/mol. The Bertz CT molecular complexity index is 2670. The number of rotatable bonds is 6. The van der Waals surface area contributed by atoms with Gasteiger partial charge in [-0.05, 0) is 59.2 Å². The van der Waals surface area contributed by atoms with E-state index in [1.165, 1.54) is 16.3 Å². The van der Waals surface area contributed by atoms with Crippen LogP contribution in [0.3, 0.4) is 0 Å². The summed E-state index contributed by atoms with van der Waals surface area (Å²) < 4.78 is 2.36. The van der Waals surface area contributed by atoms with Gasteiger partial charge in [0.25, 0.3) is 0 Å². The summed E-state index contributed by atoms with van der Waals surface area (Å²) in [6, 6.07) is 61.3. The van der Waals surface area contributed by atoms with Gasteiger partial charge in [-0.15, -0.1) is 24.3 Å². The van der Waals surface area contributed by atoms with Gasteiger partial charge in [-0.3, -0.25) is 9.97 Å². The molecular weight excluding hydrogens is 806 g/mol. The van der Waals surface area contributed by atoms with E-state index >= 15 is 0 Å². The summed E-state index contributed by atoms with van der Waals surface area (Å²) in [4.78, 5) is 9.86. The van der Waals surface area contributed by atoms with Crippen LogP contribution in [0, 0.1) is 6.07 Å². The Labute approximate surface area is 310 Å². The predicted octanol–water partition coefficient (Wildman–Crippen LogP) is 11.4. The molecule has 0 atom stereocenters. The molecule has 0 fully saturated rings. The van der Waals surface area contributed by atoms with Crippen LogP contribution in [0.25, 0.3) is 83.5 Å². The van der Waals surface area contributed by atoms with Crippen LogP contribution in [0.4, 0.5) is 0 Å². The zero-order valence-electron chi connectivity index (χ0n) is 27.3. The van der Waals surface area contributed by atoms with Gasteiger partial charge >= 0.3 is 0 Å². The zero-order chi connectivity index (χ0) is 33.4. The average Bonchev–Trinajstić information content (AvgIpc) is 3.53. The number of aromatic hydroxyl groups is 1. The van der Waals surface area contributed by atoms with Crippen LogP contribution in [0.5, 0.6) is 5.75 Å².